The first-order chi connectivity index (χ1) is 8.29. The number of aryl methyl sites for hydroxylation is 1. The summed E-state index contributed by atoms with van der Waals surface area (Å²) in [6, 6.07) is 0. The van der Waals surface area contributed by atoms with Gasteiger partial charge in [-0.1, -0.05) is 13.8 Å². The number of aromatic nitrogens is 4. The molecule has 0 radical (unpaired) electrons. The summed E-state index contributed by atoms with van der Waals surface area (Å²) in [5.74, 6) is 0.708. The van der Waals surface area contributed by atoms with Crippen molar-refractivity contribution in [1.29, 1.82) is 0 Å². The summed E-state index contributed by atoms with van der Waals surface area (Å²) in [4.78, 5) is 0. The minimum absolute atomic E-state index is 0.0358. The van der Waals surface area contributed by atoms with Crippen LogP contribution in [0.15, 0.2) is 0 Å². The number of nitrogens with zero attached hydrogens (tertiary/aromatic N) is 3. The molecule has 2 aromatic heterocycles. The lowest BCUT2D eigenvalue weighted by atomic mass is 10.1. The van der Waals surface area contributed by atoms with Crippen LogP contribution in [0.1, 0.15) is 25.5 Å². The van der Waals surface area contributed by atoms with Gasteiger partial charge in [0.1, 0.15) is 15.7 Å². The van der Waals surface area contributed by atoms with E-state index in [1.165, 1.54) is 6.26 Å². The molecule has 7 nitrogen and oxygen atoms in total. The molecule has 8 heteroatoms. The first-order valence-electron chi connectivity index (χ1n) is 5.67. The maximum absolute atomic E-state index is 11.2. The zero-order valence-electron chi connectivity index (χ0n) is 10.6. The fraction of sp³-hybridized carbons (Fsp3) is 0.600. The van der Waals surface area contributed by atoms with E-state index >= 15 is 0 Å². The highest BCUT2D eigenvalue weighted by Gasteiger charge is 2.19. The van der Waals surface area contributed by atoms with E-state index in [0.29, 0.717) is 11.5 Å². The zero-order chi connectivity index (χ0) is 13.5. The second kappa shape index (κ2) is 4.27. The van der Waals surface area contributed by atoms with E-state index in [1.54, 1.807) is 4.68 Å². The summed E-state index contributed by atoms with van der Waals surface area (Å²) in [7, 11) is -3.03. The Hall–Kier alpha value is -1.57. The molecule has 0 aliphatic heterocycles. The molecule has 0 spiro atoms. The molecule has 0 bridgehead atoms. The molecule has 2 aromatic rings. The van der Waals surface area contributed by atoms with Crippen molar-refractivity contribution >= 4 is 26.7 Å². The summed E-state index contributed by atoms with van der Waals surface area (Å²) in [6.45, 7) is 4.30. The van der Waals surface area contributed by atoms with Gasteiger partial charge in [0.25, 0.3) is 0 Å². The van der Waals surface area contributed by atoms with Crippen LogP contribution in [0.2, 0.25) is 0 Å². The first kappa shape index (κ1) is 12.9. The van der Waals surface area contributed by atoms with E-state index in [0.717, 1.165) is 11.1 Å². The number of aromatic amines is 1. The zero-order valence-corrected chi connectivity index (χ0v) is 11.5. The Morgan fingerprint density at radius 2 is 2.11 bits per heavy atom. The van der Waals surface area contributed by atoms with Crippen molar-refractivity contribution in [2.75, 3.05) is 17.7 Å². The van der Waals surface area contributed by atoms with Crippen molar-refractivity contribution in [3.63, 3.8) is 0 Å². The average Bonchev–Trinajstić information content (AvgIpc) is 2.76. The van der Waals surface area contributed by atoms with Crippen LogP contribution in [0.3, 0.4) is 0 Å². The molecule has 0 aliphatic carbocycles. The molecular weight excluding hydrogens is 254 g/mol. The maximum Gasteiger partial charge on any atom is 0.182 e. The minimum Gasteiger partial charge on any atom is -0.383 e. The number of hydrogen-bond donors (Lipinski definition) is 2. The Morgan fingerprint density at radius 3 is 2.67 bits per heavy atom. The summed E-state index contributed by atoms with van der Waals surface area (Å²) >= 11 is 0. The Balaban J connectivity index is 2.46. The number of nitrogens with one attached hydrogen (secondary N) is 1. The Morgan fingerprint density at radius 1 is 1.44 bits per heavy atom. The van der Waals surface area contributed by atoms with Crippen molar-refractivity contribution in [2.45, 2.75) is 26.3 Å². The number of H-pyrrole nitrogens is 1. The fourth-order valence-electron chi connectivity index (χ4n) is 1.82. The van der Waals surface area contributed by atoms with Crippen molar-refractivity contribution < 1.29 is 8.42 Å². The maximum atomic E-state index is 11.2. The second-order valence-electron chi connectivity index (χ2n) is 4.73. The molecule has 0 saturated heterocycles. The molecule has 18 heavy (non-hydrogen) atoms. The molecule has 0 aliphatic rings. The number of anilines is 1. The number of fused-ring (bicyclic) bond motifs is 1. The Kier molecular flexibility index (Phi) is 3.05. The Bertz CT molecular complexity index is 668. The summed E-state index contributed by atoms with van der Waals surface area (Å²) in [6.07, 6.45) is 1.20. The number of sulfone groups is 1. The van der Waals surface area contributed by atoms with Gasteiger partial charge in [0, 0.05) is 6.26 Å². The van der Waals surface area contributed by atoms with Crippen molar-refractivity contribution in [2.24, 2.45) is 0 Å². The molecular formula is C10H17N5O2S. The second-order valence-corrected chi connectivity index (χ2v) is 6.99. The Labute approximate surface area is 105 Å². The number of rotatable bonds is 4. The van der Waals surface area contributed by atoms with E-state index in [2.05, 4.69) is 15.3 Å². The van der Waals surface area contributed by atoms with Crippen LogP contribution in [0.25, 0.3) is 11.0 Å². The van der Waals surface area contributed by atoms with Gasteiger partial charge >= 0.3 is 0 Å². The predicted molar refractivity (Wildman–Crippen MR) is 70.1 cm³/mol. The van der Waals surface area contributed by atoms with Crippen LogP contribution in [0, 0.1) is 0 Å². The lowest BCUT2D eigenvalue weighted by Crippen LogP contribution is -2.12. The lowest BCUT2D eigenvalue weighted by Gasteiger charge is -2.02. The number of hydrogen-bond acceptors (Lipinski definition) is 5. The third-order valence-corrected chi connectivity index (χ3v) is 3.65. The van der Waals surface area contributed by atoms with E-state index < -0.39 is 9.84 Å². The van der Waals surface area contributed by atoms with E-state index in [1.807, 2.05) is 13.8 Å². The summed E-state index contributed by atoms with van der Waals surface area (Å²) in [5, 5.41) is 12.0. The minimum atomic E-state index is -3.03. The molecule has 0 amide bonds. The van der Waals surface area contributed by atoms with Gasteiger partial charge in [-0.25, -0.2) is 13.1 Å². The van der Waals surface area contributed by atoms with Crippen LogP contribution in [-0.4, -0.2) is 40.4 Å². The van der Waals surface area contributed by atoms with Gasteiger partial charge in [0.05, 0.1) is 23.4 Å². The third kappa shape index (κ3) is 2.33. The fourth-order valence-corrected chi connectivity index (χ4v) is 2.33. The monoisotopic (exact) mass is 271 g/mol. The molecule has 0 atom stereocenters. The van der Waals surface area contributed by atoms with Gasteiger partial charge in [-0.2, -0.15) is 10.2 Å². The van der Waals surface area contributed by atoms with E-state index in [9.17, 15) is 8.42 Å². The van der Waals surface area contributed by atoms with Crippen LogP contribution in [0.4, 0.5) is 5.82 Å². The molecule has 0 fully saturated rings. The molecule has 0 unspecified atom stereocenters. The third-order valence-electron chi connectivity index (χ3n) is 2.73. The van der Waals surface area contributed by atoms with Gasteiger partial charge in [-0.3, -0.25) is 5.10 Å². The van der Waals surface area contributed by atoms with Crippen LogP contribution in [-0.2, 0) is 16.4 Å². The van der Waals surface area contributed by atoms with Gasteiger partial charge in [-0.05, 0) is 5.92 Å². The molecule has 2 rings (SSSR count). The summed E-state index contributed by atoms with van der Waals surface area (Å²) in [5.41, 5.74) is 7.27. The normalized spacial score (nSPS) is 12.7. The van der Waals surface area contributed by atoms with Gasteiger partial charge in [0.2, 0.25) is 0 Å². The quantitative estimate of drug-likeness (QED) is 0.842. The van der Waals surface area contributed by atoms with Crippen LogP contribution < -0.4 is 5.73 Å². The smallest absolute Gasteiger partial charge is 0.182 e. The van der Waals surface area contributed by atoms with Crippen LogP contribution in [0.5, 0.6) is 0 Å². The summed E-state index contributed by atoms with van der Waals surface area (Å²) < 4.78 is 24.0. The van der Waals surface area contributed by atoms with Gasteiger partial charge in [-0.15, -0.1) is 0 Å². The van der Waals surface area contributed by atoms with E-state index in [-0.39, 0.29) is 18.2 Å². The number of nitrogens with two attached hydrogens (primary N) is 1. The van der Waals surface area contributed by atoms with Gasteiger partial charge < -0.3 is 5.73 Å². The predicted octanol–water partition coefficient (Wildman–Crippen LogP) is 0.510. The number of nitrogen functional groups attached to an aromatic ring is 1. The molecule has 3 N–H and O–H groups in total. The van der Waals surface area contributed by atoms with E-state index in [4.69, 9.17) is 5.73 Å². The van der Waals surface area contributed by atoms with Gasteiger partial charge in [0.15, 0.2) is 5.65 Å². The van der Waals surface area contributed by atoms with Crippen molar-refractivity contribution in [1.82, 2.24) is 20.0 Å². The first-order valence-corrected chi connectivity index (χ1v) is 7.73. The van der Waals surface area contributed by atoms with Crippen molar-refractivity contribution in [3.05, 3.63) is 5.69 Å². The average molecular weight is 271 g/mol. The standard InChI is InChI=1S/C10H17N5O2S/c1-6(2)8-7-9(11)12-13-10(7)15(14-8)4-5-18(3,16)17/h6H,4-5H2,1-3H3,(H3,11,12,13). The van der Waals surface area contributed by atoms with Crippen molar-refractivity contribution in [3.8, 4) is 0 Å². The topological polar surface area (TPSA) is 107 Å². The highest BCUT2D eigenvalue weighted by atomic mass is 32.2. The molecule has 100 valence electrons. The highest BCUT2D eigenvalue weighted by Crippen LogP contribution is 2.27. The largest absolute Gasteiger partial charge is 0.383 e. The SMILES string of the molecule is CC(C)c1nn(CCS(C)(=O)=O)c2n[nH]c(N)c12. The molecule has 0 saturated carbocycles. The lowest BCUT2D eigenvalue weighted by molar-refractivity contribution is 0.585. The molecule has 2 heterocycles. The molecule has 0 aromatic carbocycles. The van der Waals surface area contributed by atoms with Crippen LogP contribution >= 0.6 is 0 Å². The highest BCUT2D eigenvalue weighted by molar-refractivity contribution is 7.90.